The molecule has 2 aliphatic heterocycles. The lowest BCUT2D eigenvalue weighted by atomic mass is 9.75. The van der Waals surface area contributed by atoms with Crippen molar-refractivity contribution in [3.63, 3.8) is 0 Å². The molecule has 8 nitrogen and oxygen atoms in total. The number of ether oxygens (including phenoxy) is 2. The van der Waals surface area contributed by atoms with E-state index in [4.69, 9.17) is 35.7 Å². The summed E-state index contributed by atoms with van der Waals surface area (Å²) in [5.74, 6) is 5.85. The third-order valence-electron chi connectivity index (χ3n) is 23.4. The third-order valence-corrected chi connectivity index (χ3v) is 29.9. The van der Waals surface area contributed by atoms with Gasteiger partial charge in [0.15, 0.2) is 0 Å². The van der Waals surface area contributed by atoms with E-state index in [0.717, 1.165) is 112 Å². The number of rotatable bonds is 46. The Morgan fingerprint density at radius 1 is 0.346 bits per heavy atom. The van der Waals surface area contributed by atoms with Crippen LogP contribution in [0.3, 0.4) is 0 Å². The van der Waals surface area contributed by atoms with Crippen LogP contribution in [0.5, 0.6) is 11.5 Å². The lowest BCUT2D eigenvalue weighted by Gasteiger charge is -2.41. The fourth-order valence-corrected chi connectivity index (χ4v) is 24.0. The maximum Gasteiger partial charge on any atom is 0.140 e. The number of nitrogens with zero attached hydrogens (tertiary/aromatic N) is 6. The van der Waals surface area contributed by atoms with Crippen molar-refractivity contribution in [2.75, 3.05) is 0 Å². The predicted molar refractivity (Wildman–Crippen MR) is 457 cm³/mol. The van der Waals surface area contributed by atoms with Crippen LogP contribution in [0.1, 0.15) is 317 Å². The summed E-state index contributed by atoms with van der Waals surface area (Å²) in [6, 6.07) is 25.8. The van der Waals surface area contributed by atoms with Gasteiger partial charge in [0, 0.05) is 52.9 Å². The number of aryl methyl sites for hydroxylation is 1. The largest absolute Gasteiger partial charge is 0.481 e. The minimum atomic E-state index is -0.490. The Balaban J connectivity index is 0.964. The second-order valence-corrected chi connectivity index (χ2v) is 38.6. The fraction of sp³-hybridized carbons (Fsp3) is 0.618. The van der Waals surface area contributed by atoms with Crippen LogP contribution in [-0.4, -0.2) is 26.2 Å². The molecule has 2 aliphatic rings. The van der Waals surface area contributed by atoms with E-state index in [-0.39, 0.29) is 0 Å². The van der Waals surface area contributed by atoms with Gasteiger partial charge in [0.1, 0.15) is 55.8 Å². The highest BCUT2D eigenvalue weighted by Crippen LogP contribution is 2.62. The number of benzene rings is 3. The molecule has 10 aromatic rings. The Labute approximate surface area is 654 Å². The molecule has 0 saturated heterocycles. The zero-order valence-corrected chi connectivity index (χ0v) is 70.8. The molecule has 0 aliphatic carbocycles. The molecule has 3 aromatic carbocycles. The number of fused-ring (bicyclic) bond motifs is 9. The molecular formula is C89H122N6O2S7. The van der Waals surface area contributed by atoms with Crippen LogP contribution in [0.15, 0.2) is 66.7 Å². The van der Waals surface area contributed by atoms with E-state index in [9.17, 15) is 0 Å². The van der Waals surface area contributed by atoms with Gasteiger partial charge in [-0.1, -0.05) is 298 Å². The number of aromatic nitrogens is 6. The second-order valence-electron chi connectivity index (χ2n) is 32.8. The van der Waals surface area contributed by atoms with Gasteiger partial charge in [-0.25, -0.2) is 0 Å². The summed E-state index contributed by atoms with van der Waals surface area (Å²) in [4.78, 5) is 10.1. The molecule has 9 heterocycles. The number of unbranched alkanes of at least 4 members (excludes halogenated alkanes) is 16. The first kappa shape index (κ1) is 79.1. The Morgan fingerprint density at radius 2 is 0.712 bits per heavy atom. The quantitative estimate of drug-likeness (QED) is 0.0348. The highest BCUT2D eigenvalue weighted by Gasteiger charge is 2.47. The molecule has 7 aromatic heterocycles. The van der Waals surface area contributed by atoms with E-state index in [2.05, 4.69) is 143 Å². The number of hydrogen-bond acceptors (Lipinski definition) is 15. The topological polar surface area (TPSA) is 95.8 Å². The van der Waals surface area contributed by atoms with Crippen molar-refractivity contribution >= 4 is 114 Å². The zero-order chi connectivity index (χ0) is 72.6. The van der Waals surface area contributed by atoms with Crippen LogP contribution in [0.25, 0.3) is 94.4 Å². The summed E-state index contributed by atoms with van der Waals surface area (Å²) in [5, 5.41) is 0. The van der Waals surface area contributed by atoms with E-state index < -0.39 is 11.2 Å². The molecule has 562 valence electrons. The molecule has 0 fully saturated rings. The zero-order valence-electron chi connectivity index (χ0n) is 65.1. The standard InChI is InChI=1S/C89H122N6O2S7/c1-12-16-20-24-26-30-41-64(39-28-22-18-14-3)57-88(51-49-61(9)37-32-35-59(5)6)70-53-75(67-46-45-63(11)79-81(67)93-103-91-79)98-85(70)87-74(97-88)56-78(101-87)69-48-47-68(82-83(69)95-104-94-82)76-54-71-84(99-76)86-73(55-77(100-86)66-43-34-44-72-80(66)92-102-90-72)96-89(71,52-50-62(10)38-33-36-60(7)8)58-65(40-29-23-19-15-4)42-31-27-25-21-17-13-2/h34,43-48,53-56,59-62,64-65H,12-33,35-42,49-52,57-58H2,1-11H3. The molecule has 104 heavy (non-hydrogen) atoms. The minimum absolute atomic E-state index is 0.480. The van der Waals surface area contributed by atoms with Gasteiger partial charge in [-0.2, -0.15) is 26.2 Å². The summed E-state index contributed by atoms with van der Waals surface area (Å²) in [7, 11) is 0. The Bertz CT molecular complexity index is 4290. The molecule has 15 heteroatoms. The van der Waals surface area contributed by atoms with Crippen molar-refractivity contribution in [3.8, 4) is 72.8 Å². The van der Waals surface area contributed by atoms with Crippen LogP contribution in [0.2, 0.25) is 0 Å². The van der Waals surface area contributed by atoms with Crippen molar-refractivity contribution in [1.29, 1.82) is 0 Å². The molecule has 0 N–H and O–H groups in total. The van der Waals surface area contributed by atoms with Gasteiger partial charge in [0.05, 0.1) is 54.7 Å². The minimum Gasteiger partial charge on any atom is -0.481 e. The van der Waals surface area contributed by atoms with E-state index in [1.54, 1.807) is 0 Å². The second kappa shape index (κ2) is 38.2. The SMILES string of the molecule is CCCCCCCCC(CCCCCC)CC1(CCC(C)CCCC(C)C)Oc2cc(-c3ccc(-c4cc5c(s4)-c4sc(-c6cccc7nsnc67)cc4OC5(CCC(C)CCCC(C)C)CC(CCCCCC)CCCCCCCC)c4nsnc34)sc2-c2sc(-c3ccc(C)c4nsnc34)cc21. The molecule has 0 bridgehead atoms. The van der Waals surface area contributed by atoms with Crippen molar-refractivity contribution in [1.82, 2.24) is 26.2 Å². The predicted octanol–water partition coefficient (Wildman–Crippen LogP) is 31.4. The molecule has 0 spiro atoms. The van der Waals surface area contributed by atoms with Crippen LogP contribution >= 0.6 is 80.5 Å². The lowest BCUT2D eigenvalue weighted by Crippen LogP contribution is -2.38. The number of thiophene rings is 4. The molecule has 6 unspecified atom stereocenters. The smallest absolute Gasteiger partial charge is 0.140 e. The summed E-state index contributed by atoms with van der Waals surface area (Å²) in [6.45, 7) is 26.1. The number of hydrogen-bond donors (Lipinski definition) is 0. The van der Waals surface area contributed by atoms with E-state index in [0.29, 0.717) is 23.7 Å². The van der Waals surface area contributed by atoms with Gasteiger partial charge in [0.2, 0.25) is 0 Å². The lowest BCUT2D eigenvalue weighted by molar-refractivity contribution is 0.0185. The first-order valence-electron chi connectivity index (χ1n) is 41.4. The molecule has 6 atom stereocenters. The fourth-order valence-electron chi connectivity index (χ4n) is 17.2. The highest BCUT2D eigenvalue weighted by atomic mass is 32.1. The van der Waals surface area contributed by atoms with E-state index >= 15 is 0 Å². The average Bonchev–Trinajstić information content (AvgIpc) is 1.56. The maximum atomic E-state index is 8.13. The molecule has 12 rings (SSSR count). The summed E-state index contributed by atoms with van der Waals surface area (Å²) < 4.78 is 46.3. The van der Waals surface area contributed by atoms with Crippen LogP contribution in [0, 0.1) is 42.4 Å². The van der Waals surface area contributed by atoms with Crippen molar-refractivity contribution in [2.24, 2.45) is 35.5 Å². The highest BCUT2D eigenvalue weighted by molar-refractivity contribution is 7.26. The summed E-state index contributed by atoms with van der Waals surface area (Å²) in [5.41, 5.74) is 13.5. The van der Waals surface area contributed by atoms with Crippen LogP contribution in [0.4, 0.5) is 0 Å². The Kier molecular flexibility index (Phi) is 29.1. The molecular weight excluding hydrogens is 1410 g/mol. The van der Waals surface area contributed by atoms with Crippen molar-refractivity contribution in [3.05, 3.63) is 83.4 Å². The summed E-state index contributed by atoms with van der Waals surface area (Å²) >= 11 is 11.7. The first-order chi connectivity index (χ1) is 50.7. The van der Waals surface area contributed by atoms with Crippen LogP contribution < -0.4 is 9.47 Å². The van der Waals surface area contributed by atoms with Crippen molar-refractivity contribution < 1.29 is 9.47 Å². The third kappa shape index (κ3) is 19.2. The van der Waals surface area contributed by atoms with Gasteiger partial charge in [0.25, 0.3) is 0 Å². The first-order valence-corrected chi connectivity index (χ1v) is 46.8. The maximum absolute atomic E-state index is 8.13. The average molecular weight is 1530 g/mol. The van der Waals surface area contributed by atoms with E-state index in [1.807, 2.05) is 45.3 Å². The normalized spacial score (nSPS) is 16.9. The van der Waals surface area contributed by atoms with E-state index in [1.165, 1.54) is 289 Å². The Hall–Kier alpha value is -4.48. The monoisotopic (exact) mass is 1530 g/mol. The van der Waals surface area contributed by atoms with Gasteiger partial charge >= 0.3 is 0 Å². The van der Waals surface area contributed by atoms with Crippen LogP contribution in [-0.2, 0) is 11.2 Å². The van der Waals surface area contributed by atoms with Gasteiger partial charge in [-0.05, 0) is 117 Å². The Morgan fingerprint density at radius 3 is 1.16 bits per heavy atom. The van der Waals surface area contributed by atoms with Gasteiger partial charge < -0.3 is 9.47 Å². The van der Waals surface area contributed by atoms with Gasteiger partial charge in [-0.15, -0.1) is 45.3 Å². The molecule has 0 saturated carbocycles. The summed E-state index contributed by atoms with van der Waals surface area (Å²) in [6.07, 6.45) is 45.2. The molecule has 0 radical (unpaired) electrons. The van der Waals surface area contributed by atoms with Gasteiger partial charge in [-0.3, -0.25) is 0 Å². The molecule has 0 amide bonds. The van der Waals surface area contributed by atoms with Crippen molar-refractivity contribution in [2.45, 2.75) is 319 Å².